The van der Waals surface area contributed by atoms with Crippen molar-refractivity contribution in [3.8, 4) is 11.6 Å². The first kappa shape index (κ1) is 19.4. The Morgan fingerprint density at radius 1 is 1.34 bits per heavy atom. The number of halogens is 1. The third-order valence-corrected chi connectivity index (χ3v) is 6.18. The molecule has 9 nitrogen and oxygen atoms in total. The first-order chi connectivity index (χ1) is 13.9. The van der Waals surface area contributed by atoms with Gasteiger partial charge < -0.3 is 14.8 Å². The van der Waals surface area contributed by atoms with Gasteiger partial charge >= 0.3 is 0 Å². The molecule has 0 bridgehead atoms. The lowest BCUT2D eigenvalue weighted by Crippen LogP contribution is -2.55. The normalized spacial score (nSPS) is 19.2. The third kappa shape index (κ3) is 3.96. The SMILES string of the molecule is COc1ccc(F)cc1S(=O)(=O)Nc1cnc2c(c1)CN1CC(=O)NC[C@H]1CO2. The number of piperazine rings is 1. The number of sulfonamides is 1. The van der Waals surface area contributed by atoms with E-state index in [0.717, 1.165) is 12.1 Å². The predicted molar refractivity (Wildman–Crippen MR) is 101 cm³/mol. The van der Waals surface area contributed by atoms with E-state index in [1.165, 1.54) is 19.4 Å². The number of nitrogens with zero attached hydrogens (tertiary/aromatic N) is 2. The summed E-state index contributed by atoms with van der Waals surface area (Å²) >= 11 is 0. The average molecular weight is 422 g/mol. The van der Waals surface area contributed by atoms with Crippen LogP contribution in [0, 0.1) is 5.82 Å². The molecule has 2 aliphatic heterocycles. The highest BCUT2D eigenvalue weighted by atomic mass is 32.2. The lowest BCUT2D eigenvalue weighted by molar-refractivity contribution is -0.126. The smallest absolute Gasteiger partial charge is 0.265 e. The van der Waals surface area contributed by atoms with E-state index in [2.05, 4.69) is 15.0 Å². The number of hydrogen-bond donors (Lipinski definition) is 2. The number of benzene rings is 1. The molecule has 0 radical (unpaired) electrons. The predicted octanol–water partition coefficient (Wildman–Crippen LogP) is 0.723. The first-order valence-electron chi connectivity index (χ1n) is 8.84. The quantitative estimate of drug-likeness (QED) is 0.747. The highest BCUT2D eigenvalue weighted by molar-refractivity contribution is 7.92. The molecule has 0 aliphatic carbocycles. The van der Waals surface area contributed by atoms with Gasteiger partial charge in [0.1, 0.15) is 23.1 Å². The summed E-state index contributed by atoms with van der Waals surface area (Å²) in [5, 5.41) is 2.80. The van der Waals surface area contributed by atoms with E-state index in [4.69, 9.17) is 9.47 Å². The van der Waals surface area contributed by atoms with Gasteiger partial charge in [-0.3, -0.25) is 14.4 Å². The molecule has 2 aromatic rings. The van der Waals surface area contributed by atoms with Gasteiger partial charge in [-0.2, -0.15) is 0 Å². The number of carbonyl (C=O) groups excluding carboxylic acids is 1. The van der Waals surface area contributed by atoms with Crippen molar-refractivity contribution in [1.82, 2.24) is 15.2 Å². The van der Waals surface area contributed by atoms with Crippen LogP contribution < -0.4 is 19.5 Å². The maximum atomic E-state index is 13.6. The van der Waals surface area contributed by atoms with E-state index < -0.39 is 15.8 Å². The molecule has 1 aromatic heterocycles. The van der Waals surface area contributed by atoms with Crippen LogP contribution in [0.3, 0.4) is 0 Å². The Bertz CT molecular complexity index is 1060. The van der Waals surface area contributed by atoms with Crippen molar-refractivity contribution >= 4 is 21.6 Å². The fourth-order valence-corrected chi connectivity index (χ4v) is 4.56. The molecular weight excluding hydrogens is 403 g/mol. The summed E-state index contributed by atoms with van der Waals surface area (Å²) in [6.07, 6.45) is 1.33. The van der Waals surface area contributed by atoms with E-state index in [0.29, 0.717) is 31.1 Å². The molecular formula is C18H19FN4O5S. The number of carbonyl (C=O) groups is 1. The summed E-state index contributed by atoms with van der Waals surface area (Å²) in [7, 11) is -2.82. The molecule has 2 N–H and O–H groups in total. The van der Waals surface area contributed by atoms with E-state index in [1.807, 2.05) is 4.90 Å². The molecule has 154 valence electrons. The Balaban J connectivity index is 1.61. The number of amides is 1. The summed E-state index contributed by atoms with van der Waals surface area (Å²) < 4.78 is 52.3. The van der Waals surface area contributed by atoms with Crippen molar-refractivity contribution in [3.05, 3.63) is 41.8 Å². The Hall–Kier alpha value is -2.92. The van der Waals surface area contributed by atoms with Crippen molar-refractivity contribution in [2.24, 2.45) is 0 Å². The fraction of sp³-hybridized carbons (Fsp3) is 0.333. The second-order valence-electron chi connectivity index (χ2n) is 6.76. The third-order valence-electron chi connectivity index (χ3n) is 4.78. The molecule has 1 fully saturated rings. The lowest BCUT2D eigenvalue weighted by Gasteiger charge is -2.32. The van der Waals surface area contributed by atoms with Crippen molar-refractivity contribution in [2.45, 2.75) is 17.5 Å². The van der Waals surface area contributed by atoms with Crippen LogP contribution in [0.2, 0.25) is 0 Å². The zero-order valence-electron chi connectivity index (χ0n) is 15.5. The number of fused-ring (bicyclic) bond motifs is 2. The monoisotopic (exact) mass is 422 g/mol. The van der Waals surface area contributed by atoms with E-state index >= 15 is 0 Å². The Kier molecular flexibility index (Phi) is 5.01. The van der Waals surface area contributed by atoms with Gasteiger partial charge in [-0.15, -0.1) is 0 Å². The van der Waals surface area contributed by atoms with Gasteiger partial charge in [0.15, 0.2) is 0 Å². The number of nitrogens with one attached hydrogen (secondary N) is 2. The van der Waals surface area contributed by atoms with Crippen LogP contribution in [0.5, 0.6) is 11.6 Å². The molecule has 4 rings (SSSR count). The van der Waals surface area contributed by atoms with Crippen LogP contribution in [-0.4, -0.2) is 57.1 Å². The molecule has 11 heteroatoms. The van der Waals surface area contributed by atoms with Gasteiger partial charge in [0.05, 0.1) is 31.6 Å². The number of pyridine rings is 1. The highest BCUT2D eigenvalue weighted by Gasteiger charge is 2.31. The fourth-order valence-electron chi connectivity index (χ4n) is 3.34. The molecule has 1 aromatic carbocycles. The van der Waals surface area contributed by atoms with Crippen molar-refractivity contribution < 1.29 is 27.1 Å². The minimum atomic E-state index is -4.12. The van der Waals surface area contributed by atoms with Crippen LogP contribution in [0.25, 0.3) is 0 Å². The zero-order valence-corrected chi connectivity index (χ0v) is 16.3. The van der Waals surface area contributed by atoms with Crippen LogP contribution in [0.1, 0.15) is 5.56 Å². The molecule has 2 aliphatic rings. The van der Waals surface area contributed by atoms with Crippen LogP contribution in [-0.2, 0) is 21.4 Å². The molecule has 0 unspecified atom stereocenters. The van der Waals surface area contributed by atoms with Crippen molar-refractivity contribution in [1.29, 1.82) is 0 Å². The Labute approximate surface area is 166 Å². The Morgan fingerprint density at radius 3 is 2.97 bits per heavy atom. The number of rotatable bonds is 4. The molecule has 3 heterocycles. The standard InChI is InChI=1S/C18H19FN4O5S/c1-27-15-3-2-12(19)5-16(15)29(25,26)22-13-4-11-8-23-9-17(24)20-7-14(23)10-28-18(11)21-6-13/h2-6,14,22H,7-10H2,1H3,(H,20,24)/t14-/m0/s1. The average Bonchev–Trinajstić information content (AvgIpc) is 2.85. The van der Waals surface area contributed by atoms with Gasteiger partial charge in [-0.05, 0) is 24.3 Å². The van der Waals surface area contributed by atoms with Crippen LogP contribution in [0.4, 0.5) is 10.1 Å². The van der Waals surface area contributed by atoms with Gasteiger partial charge in [-0.1, -0.05) is 0 Å². The Morgan fingerprint density at radius 2 is 2.17 bits per heavy atom. The zero-order chi connectivity index (χ0) is 20.6. The minimum Gasteiger partial charge on any atom is -0.495 e. The maximum absolute atomic E-state index is 13.6. The molecule has 1 saturated heterocycles. The summed E-state index contributed by atoms with van der Waals surface area (Å²) in [6.45, 7) is 1.46. The molecule has 0 spiro atoms. The largest absolute Gasteiger partial charge is 0.495 e. The topological polar surface area (TPSA) is 110 Å². The summed E-state index contributed by atoms with van der Waals surface area (Å²) in [5.74, 6) is -0.369. The lowest BCUT2D eigenvalue weighted by atomic mass is 10.1. The molecule has 1 atom stereocenters. The van der Waals surface area contributed by atoms with E-state index in [-0.39, 0.29) is 34.8 Å². The van der Waals surface area contributed by atoms with Crippen molar-refractivity contribution in [3.63, 3.8) is 0 Å². The van der Waals surface area contributed by atoms with Gasteiger partial charge in [0.2, 0.25) is 11.8 Å². The molecule has 0 saturated carbocycles. The molecule has 1 amide bonds. The molecule has 29 heavy (non-hydrogen) atoms. The highest BCUT2D eigenvalue weighted by Crippen LogP contribution is 2.29. The number of ether oxygens (including phenoxy) is 2. The number of hydrogen-bond acceptors (Lipinski definition) is 7. The number of anilines is 1. The van der Waals surface area contributed by atoms with E-state index in [9.17, 15) is 17.6 Å². The van der Waals surface area contributed by atoms with Crippen molar-refractivity contribution in [2.75, 3.05) is 31.5 Å². The van der Waals surface area contributed by atoms with Crippen LogP contribution >= 0.6 is 0 Å². The number of methoxy groups -OCH3 is 1. The summed E-state index contributed by atoms with van der Waals surface area (Å²) in [5.41, 5.74) is 0.840. The first-order valence-corrected chi connectivity index (χ1v) is 10.3. The van der Waals surface area contributed by atoms with E-state index in [1.54, 1.807) is 6.07 Å². The summed E-state index contributed by atoms with van der Waals surface area (Å²) in [4.78, 5) is 17.5. The minimum absolute atomic E-state index is 0.0126. The van der Waals surface area contributed by atoms with Gasteiger partial charge in [-0.25, -0.2) is 17.8 Å². The van der Waals surface area contributed by atoms with Crippen LogP contribution in [0.15, 0.2) is 35.4 Å². The summed E-state index contributed by atoms with van der Waals surface area (Å²) in [6, 6.07) is 4.86. The second kappa shape index (κ2) is 7.48. The van der Waals surface area contributed by atoms with Gasteiger partial charge in [0, 0.05) is 18.7 Å². The number of aromatic nitrogens is 1. The second-order valence-corrected chi connectivity index (χ2v) is 8.41. The van der Waals surface area contributed by atoms with Gasteiger partial charge in [0.25, 0.3) is 10.0 Å². The maximum Gasteiger partial charge on any atom is 0.265 e.